The molecule has 1 unspecified atom stereocenters. The highest BCUT2D eigenvalue weighted by Gasteiger charge is 2.25. The molecule has 0 aliphatic rings. The van der Waals surface area contributed by atoms with Crippen molar-refractivity contribution in [1.29, 1.82) is 0 Å². The summed E-state index contributed by atoms with van der Waals surface area (Å²) in [5, 5.41) is 12.6. The lowest BCUT2D eigenvalue weighted by atomic mass is 10.3. The molecule has 98 valence electrons. The largest absolute Gasteiger partial charge is 0.396 e. The minimum absolute atomic E-state index is 0.00443. The van der Waals surface area contributed by atoms with E-state index in [1.54, 1.807) is 20.9 Å². The fourth-order valence-corrected chi connectivity index (χ4v) is 3.13. The van der Waals surface area contributed by atoms with Crippen LogP contribution in [0.2, 0.25) is 0 Å². The highest BCUT2D eigenvalue weighted by Crippen LogP contribution is 2.21. The maximum Gasteiger partial charge on any atom is 0.246 e. The zero-order chi connectivity index (χ0) is 13.2. The number of nitrogens with zero attached hydrogens (tertiary/aromatic N) is 2. The topological polar surface area (TPSA) is 110 Å². The lowest BCUT2D eigenvalue weighted by Crippen LogP contribution is -2.33. The van der Waals surface area contributed by atoms with Crippen LogP contribution in [0.4, 0.5) is 5.82 Å². The van der Waals surface area contributed by atoms with Crippen molar-refractivity contribution in [3.63, 3.8) is 0 Å². The molecule has 0 saturated carbocycles. The van der Waals surface area contributed by atoms with Gasteiger partial charge in [0.25, 0.3) is 0 Å². The molecule has 0 amide bonds. The molecule has 1 rings (SSSR count). The molecule has 0 fully saturated rings. The number of aliphatic hydroxyl groups excluding tert-OH is 1. The fourth-order valence-electron chi connectivity index (χ4n) is 1.52. The zero-order valence-electron chi connectivity index (χ0n) is 10.1. The van der Waals surface area contributed by atoms with Crippen molar-refractivity contribution in [2.24, 2.45) is 7.05 Å². The Bertz CT molecular complexity index is 495. The van der Waals surface area contributed by atoms with Crippen LogP contribution < -0.4 is 10.5 Å². The van der Waals surface area contributed by atoms with Gasteiger partial charge in [-0.05, 0) is 20.3 Å². The van der Waals surface area contributed by atoms with Crippen molar-refractivity contribution < 1.29 is 13.5 Å². The normalized spacial score (nSPS) is 13.9. The molecule has 7 nitrogen and oxygen atoms in total. The van der Waals surface area contributed by atoms with Gasteiger partial charge in [-0.25, -0.2) is 13.1 Å². The zero-order valence-corrected chi connectivity index (χ0v) is 11.0. The fraction of sp³-hybridized carbons (Fsp3) is 0.667. The molecule has 4 N–H and O–H groups in total. The van der Waals surface area contributed by atoms with Gasteiger partial charge in [0, 0.05) is 19.7 Å². The van der Waals surface area contributed by atoms with Crippen LogP contribution in [0.3, 0.4) is 0 Å². The molecule has 0 saturated heterocycles. The first kappa shape index (κ1) is 13.9. The van der Waals surface area contributed by atoms with E-state index in [0.29, 0.717) is 12.1 Å². The number of hydrogen-bond donors (Lipinski definition) is 3. The van der Waals surface area contributed by atoms with Gasteiger partial charge in [0.05, 0.1) is 5.69 Å². The monoisotopic (exact) mass is 262 g/mol. The van der Waals surface area contributed by atoms with Crippen LogP contribution >= 0.6 is 0 Å². The lowest BCUT2D eigenvalue weighted by Gasteiger charge is -2.12. The number of nitrogens with two attached hydrogens (primary N) is 1. The second-order valence-corrected chi connectivity index (χ2v) is 5.61. The predicted octanol–water partition coefficient (Wildman–Crippen LogP) is -0.640. The van der Waals surface area contributed by atoms with Gasteiger partial charge in [-0.15, -0.1) is 0 Å². The summed E-state index contributed by atoms with van der Waals surface area (Å²) in [5.74, 6) is -0.0197. The molecule has 1 aromatic rings. The van der Waals surface area contributed by atoms with Crippen molar-refractivity contribution in [2.75, 3.05) is 12.3 Å². The highest BCUT2D eigenvalue weighted by molar-refractivity contribution is 7.89. The Morgan fingerprint density at radius 1 is 1.59 bits per heavy atom. The number of nitrogens with one attached hydrogen (secondary N) is 1. The summed E-state index contributed by atoms with van der Waals surface area (Å²) in [6.45, 7) is 3.23. The molecule has 0 aliphatic carbocycles. The van der Waals surface area contributed by atoms with E-state index >= 15 is 0 Å². The van der Waals surface area contributed by atoms with Crippen molar-refractivity contribution in [3.8, 4) is 0 Å². The number of hydrogen-bond acceptors (Lipinski definition) is 5. The molecule has 8 heteroatoms. The van der Waals surface area contributed by atoms with Crippen LogP contribution in [0.25, 0.3) is 0 Å². The highest BCUT2D eigenvalue weighted by atomic mass is 32.2. The SMILES string of the molecule is Cc1c(S(=O)(=O)NC(C)CCO)c(N)nn1C. The summed E-state index contributed by atoms with van der Waals surface area (Å²) in [4.78, 5) is 0.00443. The summed E-state index contributed by atoms with van der Waals surface area (Å²) in [7, 11) is -2.06. The molecule has 0 spiro atoms. The molecule has 1 atom stereocenters. The van der Waals surface area contributed by atoms with Crippen molar-refractivity contribution in [3.05, 3.63) is 5.69 Å². The Balaban J connectivity index is 3.05. The molecule has 17 heavy (non-hydrogen) atoms. The van der Waals surface area contributed by atoms with Gasteiger partial charge >= 0.3 is 0 Å². The van der Waals surface area contributed by atoms with Gasteiger partial charge in [-0.1, -0.05) is 0 Å². The van der Waals surface area contributed by atoms with Gasteiger partial charge in [-0.2, -0.15) is 5.10 Å². The Morgan fingerprint density at radius 2 is 2.18 bits per heavy atom. The molecule has 1 aromatic heterocycles. The summed E-state index contributed by atoms with van der Waals surface area (Å²) in [5.41, 5.74) is 6.06. The number of aryl methyl sites for hydroxylation is 1. The van der Waals surface area contributed by atoms with Crippen LogP contribution in [0.5, 0.6) is 0 Å². The van der Waals surface area contributed by atoms with Crippen LogP contribution in [0.15, 0.2) is 4.90 Å². The lowest BCUT2D eigenvalue weighted by molar-refractivity contribution is 0.275. The van der Waals surface area contributed by atoms with Crippen LogP contribution in [-0.4, -0.2) is 36.0 Å². The Kier molecular flexibility index (Phi) is 4.12. The average Bonchev–Trinajstić information content (AvgIpc) is 2.40. The number of sulfonamides is 1. The number of aromatic nitrogens is 2. The molecule has 0 radical (unpaired) electrons. The van der Waals surface area contributed by atoms with E-state index in [0.717, 1.165) is 0 Å². The van der Waals surface area contributed by atoms with Gasteiger partial charge in [0.15, 0.2) is 5.82 Å². The van der Waals surface area contributed by atoms with E-state index in [2.05, 4.69) is 9.82 Å². The minimum Gasteiger partial charge on any atom is -0.396 e. The first-order chi connectivity index (χ1) is 7.79. The third kappa shape index (κ3) is 2.96. The summed E-state index contributed by atoms with van der Waals surface area (Å²) in [6, 6.07) is -0.357. The Hall–Kier alpha value is -1.12. The van der Waals surface area contributed by atoms with E-state index in [-0.39, 0.29) is 23.4 Å². The van der Waals surface area contributed by atoms with Crippen molar-refractivity contribution in [2.45, 2.75) is 31.2 Å². The third-order valence-electron chi connectivity index (χ3n) is 2.49. The molecule has 0 bridgehead atoms. The molecule has 0 aliphatic heterocycles. The van der Waals surface area contributed by atoms with E-state index < -0.39 is 10.0 Å². The van der Waals surface area contributed by atoms with E-state index in [1.807, 2.05) is 0 Å². The smallest absolute Gasteiger partial charge is 0.246 e. The minimum atomic E-state index is -3.69. The molecule has 1 heterocycles. The molecule has 0 aromatic carbocycles. The van der Waals surface area contributed by atoms with Gasteiger partial charge in [0.2, 0.25) is 10.0 Å². The molecular formula is C9H18N4O3S. The number of anilines is 1. The Morgan fingerprint density at radius 3 is 2.59 bits per heavy atom. The third-order valence-corrected chi connectivity index (χ3v) is 4.25. The van der Waals surface area contributed by atoms with Crippen LogP contribution in [-0.2, 0) is 17.1 Å². The second-order valence-electron chi connectivity index (χ2n) is 3.96. The average molecular weight is 262 g/mol. The Labute approximate surface area is 101 Å². The van der Waals surface area contributed by atoms with E-state index in [9.17, 15) is 8.42 Å². The summed E-state index contributed by atoms with van der Waals surface area (Å²) in [6.07, 6.45) is 0.346. The summed E-state index contributed by atoms with van der Waals surface area (Å²) < 4.78 is 28.0. The second kappa shape index (κ2) is 5.03. The standard InChI is InChI=1S/C9H18N4O3S/c1-6(4-5-14)12-17(15,16)8-7(2)13(3)11-9(8)10/h6,12,14H,4-5H2,1-3H3,(H2,10,11). The van der Waals surface area contributed by atoms with Gasteiger partial charge < -0.3 is 10.8 Å². The maximum atomic E-state index is 12.0. The number of nitrogen functional groups attached to an aromatic ring is 1. The summed E-state index contributed by atoms with van der Waals surface area (Å²) >= 11 is 0. The number of rotatable bonds is 5. The maximum absolute atomic E-state index is 12.0. The molecular weight excluding hydrogens is 244 g/mol. The first-order valence-electron chi connectivity index (χ1n) is 5.22. The van der Waals surface area contributed by atoms with Crippen molar-refractivity contribution >= 4 is 15.8 Å². The van der Waals surface area contributed by atoms with Crippen LogP contribution in [0, 0.1) is 6.92 Å². The van der Waals surface area contributed by atoms with Gasteiger partial charge in [0.1, 0.15) is 4.90 Å². The van der Waals surface area contributed by atoms with E-state index in [1.165, 1.54) is 4.68 Å². The van der Waals surface area contributed by atoms with Gasteiger partial charge in [-0.3, -0.25) is 4.68 Å². The number of aliphatic hydroxyl groups is 1. The predicted molar refractivity (Wildman–Crippen MR) is 63.8 cm³/mol. The van der Waals surface area contributed by atoms with Crippen molar-refractivity contribution in [1.82, 2.24) is 14.5 Å². The first-order valence-corrected chi connectivity index (χ1v) is 6.70. The van der Waals surface area contributed by atoms with E-state index in [4.69, 9.17) is 10.8 Å². The quantitative estimate of drug-likeness (QED) is 0.653. The van der Waals surface area contributed by atoms with Crippen LogP contribution in [0.1, 0.15) is 19.0 Å².